The molecule has 0 saturated heterocycles. The van der Waals surface area contributed by atoms with Crippen molar-refractivity contribution in [1.29, 1.82) is 0 Å². The molecule has 4 rings (SSSR count). The van der Waals surface area contributed by atoms with Crippen molar-refractivity contribution in [2.75, 3.05) is 16.8 Å². The molecule has 3 aromatic rings. The average molecular weight is 358 g/mol. The highest BCUT2D eigenvalue weighted by Crippen LogP contribution is 2.24. The van der Waals surface area contributed by atoms with Gasteiger partial charge in [-0.3, -0.25) is 4.79 Å². The molecule has 27 heavy (non-hydrogen) atoms. The maximum Gasteiger partial charge on any atom is 0.227 e. The summed E-state index contributed by atoms with van der Waals surface area (Å²) >= 11 is 0. The Kier molecular flexibility index (Phi) is 4.59. The van der Waals surface area contributed by atoms with E-state index in [1.54, 1.807) is 6.92 Å². The van der Waals surface area contributed by atoms with E-state index in [1.165, 1.54) is 11.1 Å². The molecular weight excluding hydrogens is 336 g/mol. The summed E-state index contributed by atoms with van der Waals surface area (Å²) in [6.45, 7) is 5.28. The average Bonchev–Trinajstić information content (AvgIpc) is 2.67. The van der Waals surface area contributed by atoms with Gasteiger partial charge in [0.05, 0.1) is 0 Å². The zero-order chi connectivity index (χ0) is 18.8. The van der Waals surface area contributed by atoms with Crippen LogP contribution in [0, 0.1) is 6.92 Å². The van der Waals surface area contributed by atoms with E-state index >= 15 is 0 Å². The monoisotopic (exact) mass is 358 g/mol. The molecule has 2 heterocycles. The van der Waals surface area contributed by atoms with Crippen molar-refractivity contribution in [2.24, 2.45) is 0 Å². The smallest absolute Gasteiger partial charge is 0.227 e. The van der Waals surface area contributed by atoms with Crippen LogP contribution in [-0.4, -0.2) is 22.3 Å². The molecule has 0 unspecified atom stereocenters. The van der Waals surface area contributed by atoms with Gasteiger partial charge < -0.3 is 10.2 Å². The van der Waals surface area contributed by atoms with Gasteiger partial charge in [0.25, 0.3) is 0 Å². The van der Waals surface area contributed by atoms with E-state index in [9.17, 15) is 4.79 Å². The van der Waals surface area contributed by atoms with Crippen molar-refractivity contribution in [2.45, 2.75) is 26.8 Å². The summed E-state index contributed by atoms with van der Waals surface area (Å²) in [6.07, 6.45) is 1.00. The second-order valence-corrected chi connectivity index (χ2v) is 6.89. The minimum Gasteiger partial charge on any atom is -0.340 e. The summed E-state index contributed by atoms with van der Waals surface area (Å²) in [5, 5.41) is 3.32. The molecular formula is C22H22N4O. The van der Waals surface area contributed by atoms with Gasteiger partial charge in [-0.25, -0.2) is 4.98 Å². The second-order valence-electron chi connectivity index (χ2n) is 6.89. The zero-order valence-corrected chi connectivity index (χ0v) is 15.6. The van der Waals surface area contributed by atoms with Gasteiger partial charge in [-0.2, -0.15) is 4.98 Å². The minimum atomic E-state index is 0.0621. The number of anilines is 3. The fourth-order valence-electron chi connectivity index (χ4n) is 3.36. The van der Waals surface area contributed by atoms with Crippen molar-refractivity contribution >= 4 is 23.2 Å². The van der Waals surface area contributed by atoms with Gasteiger partial charge in [-0.05, 0) is 55.7 Å². The van der Waals surface area contributed by atoms with Gasteiger partial charge in [-0.1, -0.05) is 24.3 Å². The zero-order valence-electron chi connectivity index (χ0n) is 15.6. The van der Waals surface area contributed by atoms with E-state index in [-0.39, 0.29) is 5.78 Å². The number of Topliss-reactive ketones (excluding diaryl/α,β-unsaturated/α-hetero) is 1. The molecule has 0 amide bonds. The number of ketones is 1. The Balaban J connectivity index is 1.56. The van der Waals surface area contributed by atoms with E-state index in [0.717, 1.165) is 42.7 Å². The van der Waals surface area contributed by atoms with Crippen molar-refractivity contribution in [1.82, 2.24) is 9.97 Å². The van der Waals surface area contributed by atoms with Gasteiger partial charge in [-0.15, -0.1) is 0 Å². The van der Waals surface area contributed by atoms with Gasteiger partial charge in [0.15, 0.2) is 5.78 Å². The molecule has 2 aromatic carbocycles. The number of aryl methyl sites for hydroxylation is 1. The summed E-state index contributed by atoms with van der Waals surface area (Å²) in [6, 6.07) is 17.9. The number of rotatable bonds is 4. The standard InChI is InChI=1S/C22H22N4O/c1-15-13-21(24-20-9-7-17(8-10-20)16(2)27)25-22(23-15)26-12-11-18-5-3-4-6-19(18)14-26/h3-10,13H,11-12,14H2,1-2H3,(H,23,24,25). The molecule has 0 atom stereocenters. The SMILES string of the molecule is CC(=O)c1ccc(Nc2cc(C)nc(N3CCc4ccccc4C3)n2)cc1. The summed E-state index contributed by atoms with van der Waals surface area (Å²) in [7, 11) is 0. The predicted octanol–water partition coefficient (Wildman–Crippen LogP) is 4.29. The second kappa shape index (κ2) is 7.19. The quantitative estimate of drug-likeness (QED) is 0.705. The lowest BCUT2D eigenvalue weighted by atomic mass is 10.0. The molecule has 0 bridgehead atoms. The Morgan fingerprint density at radius 1 is 1.04 bits per heavy atom. The van der Waals surface area contributed by atoms with Crippen LogP contribution in [0.15, 0.2) is 54.6 Å². The fourth-order valence-corrected chi connectivity index (χ4v) is 3.36. The molecule has 136 valence electrons. The number of aromatic nitrogens is 2. The number of carbonyl (C=O) groups excluding carboxylic acids is 1. The molecule has 1 aromatic heterocycles. The first-order valence-electron chi connectivity index (χ1n) is 9.14. The third-order valence-corrected chi connectivity index (χ3v) is 4.82. The minimum absolute atomic E-state index is 0.0621. The highest BCUT2D eigenvalue weighted by molar-refractivity contribution is 5.94. The van der Waals surface area contributed by atoms with Crippen LogP contribution in [0.1, 0.15) is 34.1 Å². The molecule has 0 aliphatic carbocycles. The Labute approximate surface area is 159 Å². The van der Waals surface area contributed by atoms with Crippen molar-refractivity contribution in [3.8, 4) is 0 Å². The van der Waals surface area contributed by atoms with E-state index in [4.69, 9.17) is 4.98 Å². The largest absolute Gasteiger partial charge is 0.340 e. The van der Waals surface area contributed by atoms with Gasteiger partial charge in [0.2, 0.25) is 5.95 Å². The third-order valence-electron chi connectivity index (χ3n) is 4.82. The number of hydrogen-bond acceptors (Lipinski definition) is 5. The van der Waals surface area contributed by atoms with Crippen molar-refractivity contribution in [3.63, 3.8) is 0 Å². The topological polar surface area (TPSA) is 58.1 Å². The first kappa shape index (κ1) is 17.2. The highest BCUT2D eigenvalue weighted by Gasteiger charge is 2.18. The lowest BCUT2D eigenvalue weighted by Crippen LogP contribution is -2.32. The van der Waals surface area contributed by atoms with Crippen molar-refractivity contribution in [3.05, 3.63) is 77.0 Å². The molecule has 1 aliphatic rings. The van der Waals surface area contributed by atoms with Crippen LogP contribution in [0.5, 0.6) is 0 Å². The molecule has 0 radical (unpaired) electrons. The number of fused-ring (bicyclic) bond motifs is 1. The van der Waals surface area contributed by atoms with Gasteiger partial charge in [0.1, 0.15) is 5.82 Å². The fraction of sp³-hybridized carbons (Fsp3) is 0.227. The number of nitrogens with one attached hydrogen (secondary N) is 1. The molecule has 0 fully saturated rings. The van der Waals surface area contributed by atoms with Crippen LogP contribution in [-0.2, 0) is 13.0 Å². The van der Waals surface area contributed by atoms with Crippen LogP contribution in [0.2, 0.25) is 0 Å². The summed E-state index contributed by atoms with van der Waals surface area (Å²) in [5.41, 5.74) is 5.26. The maximum absolute atomic E-state index is 11.4. The van der Waals surface area contributed by atoms with E-state index < -0.39 is 0 Å². The highest BCUT2D eigenvalue weighted by atomic mass is 16.1. The first-order chi connectivity index (χ1) is 13.1. The Morgan fingerprint density at radius 3 is 2.52 bits per heavy atom. The lowest BCUT2D eigenvalue weighted by Gasteiger charge is -2.29. The first-order valence-corrected chi connectivity index (χ1v) is 9.14. The molecule has 5 heteroatoms. The molecule has 1 N–H and O–H groups in total. The van der Waals surface area contributed by atoms with Gasteiger partial charge in [0, 0.05) is 36.1 Å². The summed E-state index contributed by atoms with van der Waals surface area (Å²) < 4.78 is 0. The van der Waals surface area contributed by atoms with E-state index in [1.807, 2.05) is 37.3 Å². The Hall–Kier alpha value is -3.21. The molecule has 1 aliphatic heterocycles. The third kappa shape index (κ3) is 3.82. The van der Waals surface area contributed by atoms with Crippen LogP contribution in [0.4, 0.5) is 17.5 Å². The Morgan fingerprint density at radius 2 is 1.78 bits per heavy atom. The van der Waals surface area contributed by atoms with Crippen LogP contribution in [0.3, 0.4) is 0 Å². The predicted molar refractivity (Wildman–Crippen MR) is 108 cm³/mol. The molecule has 0 spiro atoms. The van der Waals surface area contributed by atoms with Crippen molar-refractivity contribution < 1.29 is 4.79 Å². The lowest BCUT2D eigenvalue weighted by molar-refractivity contribution is 0.101. The summed E-state index contributed by atoms with van der Waals surface area (Å²) in [5.74, 6) is 1.56. The van der Waals surface area contributed by atoms with E-state index in [2.05, 4.69) is 39.5 Å². The van der Waals surface area contributed by atoms with Gasteiger partial charge >= 0.3 is 0 Å². The number of benzene rings is 2. The maximum atomic E-state index is 11.4. The van der Waals surface area contributed by atoms with Crippen LogP contribution in [0.25, 0.3) is 0 Å². The van der Waals surface area contributed by atoms with Crippen LogP contribution >= 0.6 is 0 Å². The molecule has 5 nitrogen and oxygen atoms in total. The Bertz CT molecular complexity index is 982. The summed E-state index contributed by atoms with van der Waals surface area (Å²) in [4.78, 5) is 23.0. The van der Waals surface area contributed by atoms with E-state index in [0.29, 0.717) is 5.56 Å². The molecule has 0 saturated carbocycles. The van der Waals surface area contributed by atoms with Crippen LogP contribution < -0.4 is 10.2 Å². The number of hydrogen-bond donors (Lipinski definition) is 1. The normalized spacial score (nSPS) is 13.2. The number of carbonyl (C=O) groups is 1. The number of nitrogens with zero attached hydrogens (tertiary/aromatic N) is 3.